The fourth-order valence-corrected chi connectivity index (χ4v) is 2.38. The lowest BCUT2D eigenvalue weighted by Crippen LogP contribution is -2.35. The number of rotatable bonds is 5. The van der Waals surface area contributed by atoms with Gasteiger partial charge in [0.05, 0.1) is 6.61 Å². The average molecular weight is 235 g/mol. The molecule has 94 valence electrons. The van der Waals surface area contributed by atoms with Crippen molar-refractivity contribution < 1.29 is 9.84 Å². The minimum atomic E-state index is 0.268. The van der Waals surface area contributed by atoms with Gasteiger partial charge in [0, 0.05) is 12.6 Å². The molecular formula is C14H21NO2. The first-order valence-corrected chi connectivity index (χ1v) is 6.34. The molecule has 0 spiro atoms. The minimum Gasteiger partial charge on any atom is -0.492 e. The fraction of sp³-hybridized carbons (Fsp3) is 0.571. The third-order valence-corrected chi connectivity index (χ3v) is 3.35. The van der Waals surface area contributed by atoms with Crippen molar-refractivity contribution >= 4 is 0 Å². The summed E-state index contributed by atoms with van der Waals surface area (Å²) < 4.78 is 5.72. The summed E-state index contributed by atoms with van der Waals surface area (Å²) in [6, 6.07) is 8.45. The molecule has 0 aliphatic carbocycles. The first-order chi connectivity index (χ1) is 8.29. The van der Waals surface area contributed by atoms with E-state index < -0.39 is 0 Å². The van der Waals surface area contributed by atoms with Gasteiger partial charge < -0.3 is 9.84 Å². The van der Waals surface area contributed by atoms with Crippen LogP contribution in [0.1, 0.15) is 18.4 Å². The van der Waals surface area contributed by atoms with Gasteiger partial charge in [-0.1, -0.05) is 12.1 Å². The number of ether oxygens (including phenoxy) is 1. The maximum atomic E-state index is 9.21. The van der Waals surface area contributed by atoms with E-state index in [1.54, 1.807) is 0 Å². The number of hydrogen-bond donors (Lipinski definition) is 1. The molecule has 1 fully saturated rings. The first kappa shape index (κ1) is 12.4. The standard InChI is InChI=1S/C14H21NO2/c1-12-4-2-6-14(10-12)17-9-8-15-7-3-5-13(15)11-16/h2,4,6,10,13,16H,3,5,7-9,11H2,1H3. The van der Waals surface area contributed by atoms with E-state index >= 15 is 0 Å². The predicted octanol–water partition coefficient (Wildman–Crippen LogP) is 1.83. The normalized spacial score (nSPS) is 20.7. The molecule has 0 saturated carbocycles. The van der Waals surface area contributed by atoms with Crippen LogP contribution in [0.4, 0.5) is 0 Å². The van der Waals surface area contributed by atoms with Crippen molar-refractivity contribution in [2.24, 2.45) is 0 Å². The van der Waals surface area contributed by atoms with Gasteiger partial charge in [-0.3, -0.25) is 4.90 Å². The lowest BCUT2D eigenvalue weighted by Gasteiger charge is -2.22. The summed E-state index contributed by atoms with van der Waals surface area (Å²) in [7, 11) is 0. The Morgan fingerprint density at radius 2 is 2.35 bits per heavy atom. The molecular weight excluding hydrogens is 214 g/mol. The summed E-state index contributed by atoms with van der Waals surface area (Å²) in [5, 5.41) is 9.21. The average Bonchev–Trinajstić information content (AvgIpc) is 2.77. The molecule has 0 aromatic heterocycles. The molecule has 3 heteroatoms. The van der Waals surface area contributed by atoms with E-state index in [9.17, 15) is 5.11 Å². The zero-order chi connectivity index (χ0) is 12.1. The molecule has 1 aliphatic heterocycles. The van der Waals surface area contributed by atoms with Crippen LogP contribution in [0.25, 0.3) is 0 Å². The van der Waals surface area contributed by atoms with Crippen LogP contribution in [0.2, 0.25) is 0 Å². The van der Waals surface area contributed by atoms with Gasteiger partial charge in [0.25, 0.3) is 0 Å². The fourth-order valence-electron chi connectivity index (χ4n) is 2.38. The highest BCUT2D eigenvalue weighted by molar-refractivity contribution is 5.27. The van der Waals surface area contributed by atoms with Crippen molar-refractivity contribution in [3.05, 3.63) is 29.8 Å². The number of aryl methyl sites for hydroxylation is 1. The summed E-state index contributed by atoms with van der Waals surface area (Å²) >= 11 is 0. The van der Waals surface area contributed by atoms with E-state index in [-0.39, 0.29) is 6.61 Å². The van der Waals surface area contributed by atoms with Gasteiger partial charge >= 0.3 is 0 Å². The SMILES string of the molecule is Cc1cccc(OCCN2CCCC2CO)c1. The van der Waals surface area contributed by atoms with Crippen LogP contribution in [-0.2, 0) is 0 Å². The predicted molar refractivity (Wildman–Crippen MR) is 68.4 cm³/mol. The largest absolute Gasteiger partial charge is 0.492 e. The number of likely N-dealkylation sites (tertiary alicyclic amines) is 1. The van der Waals surface area contributed by atoms with Gasteiger partial charge in [0.1, 0.15) is 12.4 Å². The van der Waals surface area contributed by atoms with Gasteiger partial charge in [-0.2, -0.15) is 0 Å². The highest BCUT2D eigenvalue weighted by atomic mass is 16.5. The van der Waals surface area contributed by atoms with E-state index in [0.717, 1.165) is 25.3 Å². The smallest absolute Gasteiger partial charge is 0.119 e. The van der Waals surface area contributed by atoms with Crippen LogP contribution >= 0.6 is 0 Å². The molecule has 1 atom stereocenters. The zero-order valence-corrected chi connectivity index (χ0v) is 10.4. The molecule has 0 amide bonds. The van der Waals surface area contributed by atoms with Gasteiger partial charge in [-0.25, -0.2) is 0 Å². The molecule has 0 radical (unpaired) electrons. The number of nitrogens with zero attached hydrogens (tertiary/aromatic N) is 1. The second kappa shape index (κ2) is 6.03. The van der Waals surface area contributed by atoms with Crippen molar-refractivity contribution in [3.8, 4) is 5.75 Å². The van der Waals surface area contributed by atoms with E-state index in [0.29, 0.717) is 12.6 Å². The molecule has 3 nitrogen and oxygen atoms in total. The Kier molecular flexibility index (Phi) is 4.40. The molecule has 1 aromatic rings. The summed E-state index contributed by atoms with van der Waals surface area (Å²) in [4.78, 5) is 2.32. The molecule has 1 unspecified atom stereocenters. The molecule has 1 aromatic carbocycles. The van der Waals surface area contributed by atoms with Crippen molar-refractivity contribution in [1.82, 2.24) is 4.90 Å². The van der Waals surface area contributed by atoms with Crippen LogP contribution < -0.4 is 4.74 Å². The number of hydrogen-bond acceptors (Lipinski definition) is 3. The number of aliphatic hydroxyl groups is 1. The highest BCUT2D eigenvalue weighted by Gasteiger charge is 2.22. The van der Waals surface area contributed by atoms with Crippen molar-refractivity contribution in [2.45, 2.75) is 25.8 Å². The molecule has 17 heavy (non-hydrogen) atoms. The summed E-state index contributed by atoms with van der Waals surface area (Å²) in [6.45, 7) is 5.01. The Morgan fingerprint density at radius 1 is 1.47 bits per heavy atom. The lowest BCUT2D eigenvalue weighted by atomic mass is 10.2. The second-order valence-electron chi connectivity index (χ2n) is 4.68. The highest BCUT2D eigenvalue weighted by Crippen LogP contribution is 2.17. The van der Waals surface area contributed by atoms with Crippen molar-refractivity contribution in [3.63, 3.8) is 0 Å². The monoisotopic (exact) mass is 235 g/mol. The minimum absolute atomic E-state index is 0.268. The first-order valence-electron chi connectivity index (χ1n) is 6.34. The molecule has 1 saturated heterocycles. The Balaban J connectivity index is 1.76. The molecule has 1 N–H and O–H groups in total. The topological polar surface area (TPSA) is 32.7 Å². The quantitative estimate of drug-likeness (QED) is 0.845. The third-order valence-electron chi connectivity index (χ3n) is 3.35. The van der Waals surface area contributed by atoms with Crippen molar-refractivity contribution in [2.75, 3.05) is 26.3 Å². The maximum absolute atomic E-state index is 9.21. The van der Waals surface area contributed by atoms with E-state index in [1.807, 2.05) is 18.2 Å². The van der Waals surface area contributed by atoms with Crippen LogP contribution in [0.5, 0.6) is 5.75 Å². The molecule has 1 heterocycles. The van der Waals surface area contributed by atoms with Gasteiger partial charge in [0.15, 0.2) is 0 Å². The van der Waals surface area contributed by atoms with E-state index in [4.69, 9.17) is 4.74 Å². The van der Waals surface area contributed by atoms with Gasteiger partial charge in [-0.05, 0) is 44.0 Å². The zero-order valence-electron chi connectivity index (χ0n) is 10.4. The van der Waals surface area contributed by atoms with Gasteiger partial charge in [0.2, 0.25) is 0 Å². The molecule has 1 aliphatic rings. The second-order valence-corrected chi connectivity index (χ2v) is 4.68. The summed E-state index contributed by atoms with van der Waals surface area (Å²) in [5.41, 5.74) is 1.22. The van der Waals surface area contributed by atoms with Crippen LogP contribution in [0.15, 0.2) is 24.3 Å². The van der Waals surface area contributed by atoms with Crippen LogP contribution in [0.3, 0.4) is 0 Å². The third kappa shape index (κ3) is 3.45. The summed E-state index contributed by atoms with van der Waals surface area (Å²) in [6.07, 6.45) is 2.30. The molecule has 2 rings (SSSR count). The van der Waals surface area contributed by atoms with E-state index in [1.165, 1.54) is 12.0 Å². The Labute approximate surface area is 103 Å². The maximum Gasteiger partial charge on any atom is 0.119 e. The molecule has 0 bridgehead atoms. The summed E-state index contributed by atoms with van der Waals surface area (Å²) in [5.74, 6) is 0.935. The lowest BCUT2D eigenvalue weighted by molar-refractivity contribution is 0.139. The Morgan fingerprint density at radius 3 is 3.12 bits per heavy atom. The number of benzene rings is 1. The van der Waals surface area contributed by atoms with Crippen LogP contribution in [0, 0.1) is 6.92 Å². The van der Waals surface area contributed by atoms with Gasteiger partial charge in [-0.15, -0.1) is 0 Å². The van der Waals surface area contributed by atoms with E-state index in [2.05, 4.69) is 17.9 Å². The Hall–Kier alpha value is -1.06. The number of aliphatic hydroxyl groups excluding tert-OH is 1. The Bertz CT molecular complexity index is 354. The van der Waals surface area contributed by atoms with Crippen molar-refractivity contribution in [1.29, 1.82) is 0 Å². The van der Waals surface area contributed by atoms with Crippen LogP contribution in [-0.4, -0.2) is 42.4 Å².